The highest BCUT2D eigenvalue weighted by atomic mass is 15.3. The molecule has 1 fully saturated rings. The molecule has 2 heterocycles. The van der Waals surface area contributed by atoms with Crippen LogP contribution in [0.2, 0.25) is 0 Å². The Morgan fingerprint density at radius 3 is 2.36 bits per heavy atom. The summed E-state index contributed by atoms with van der Waals surface area (Å²) in [4.78, 5) is 2.32. The zero-order chi connectivity index (χ0) is 19.1. The van der Waals surface area contributed by atoms with E-state index in [0.717, 1.165) is 18.9 Å². The van der Waals surface area contributed by atoms with Gasteiger partial charge in [-0.05, 0) is 68.3 Å². The maximum atomic E-state index is 4.70. The Bertz CT molecular complexity index is 982. The number of aryl methyl sites for hydroxylation is 1. The van der Waals surface area contributed by atoms with Crippen LogP contribution in [-0.2, 0) is 13.1 Å². The van der Waals surface area contributed by atoms with E-state index in [-0.39, 0.29) is 0 Å². The van der Waals surface area contributed by atoms with Gasteiger partial charge in [0.05, 0.1) is 12.2 Å². The quantitative estimate of drug-likeness (QED) is 0.637. The molecule has 0 amide bonds. The van der Waals surface area contributed by atoms with Crippen LogP contribution < -0.4 is 0 Å². The molecule has 1 saturated carbocycles. The first-order chi connectivity index (χ1) is 13.7. The summed E-state index contributed by atoms with van der Waals surface area (Å²) in [6.45, 7) is 4.05. The molecule has 0 atom stereocenters. The lowest BCUT2D eigenvalue weighted by Crippen LogP contribution is -2.17. The second-order valence-corrected chi connectivity index (χ2v) is 8.52. The standard InChI is InChI=1S/C24H28N4/c1-17-7-3-5-9-21(17)18-11-13-19(14-12-18)24-26-25-23-16-27(2)15-20-8-4-6-10-22(20)28(23)24/h3-10,18-19H,11-16H2,1-2H3/t18-,19+. The third-order valence-corrected chi connectivity index (χ3v) is 6.56. The SMILES string of the molecule is Cc1ccccc1[C@H]1CC[C@@H](c2nnc3n2-c2ccccc2CN(C)C3)CC1. The molecule has 28 heavy (non-hydrogen) atoms. The van der Waals surface area contributed by atoms with Gasteiger partial charge in [0.25, 0.3) is 0 Å². The van der Waals surface area contributed by atoms with Gasteiger partial charge >= 0.3 is 0 Å². The van der Waals surface area contributed by atoms with Crippen LogP contribution in [0.15, 0.2) is 48.5 Å². The van der Waals surface area contributed by atoms with Crippen molar-refractivity contribution in [3.8, 4) is 5.69 Å². The predicted octanol–water partition coefficient (Wildman–Crippen LogP) is 4.96. The van der Waals surface area contributed by atoms with Crippen LogP contribution in [0.5, 0.6) is 0 Å². The summed E-state index contributed by atoms with van der Waals surface area (Å²) < 4.78 is 2.36. The van der Waals surface area contributed by atoms with Gasteiger partial charge in [-0.25, -0.2) is 0 Å². The van der Waals surface area contributed by atoms with Crippen molar-refractivity contribution in [3.63, 3.8) is 0 Å². The highest BCUT2D eigenvalue weighted by Gasteiger charge is 2.30. The van der Waals surface area contributed by atoms with Crippen molar-refractivity contribution >= 4 is 0 Å². The first-order valence-electron chi connectivity index (χ1n) is 10.5. The number of fused-ring (bicyclic) bond motifs is 3. The van der Waals surface area contributed by atoms with Gasteiger partial charge in [0.15, 0.2) is 5.82 Å². The first kappa shape index (κ1) is 17.6. The van der Waals surface area contributed by atoms with Crippen LogP contribution >= 0.6 is 0 Å². The van der Waals surface area contributed by atoms with Crippen molar-refractivity contribution in [2.45, 2.75) is 57.5 Å². The molecule has 0 saturated heterocycles. The summed E-state index contributed by atoms with van der Waals surface area (Å²) in [5, 5.41) is 9.30. The fourth-order valence-electron chi connectivity index (χ4n) is 5.12. The molecule has 0 bridgehead atoms. The molecule has 144 valence electrons. The molecule has 4 heteroatoms. The van der Waals surface area contributed by atoms with Crippen LogP contribution in [0, 0.1) is 6.92 Å². The highest BCUT2D eigenvalue weighted by Crippen LogP contribution is 2.41. The molecule has 0 N–H and O–H groups in total. The van der Waals surface area contributed by atoms with E-state index in [4.69, 9.17) is 5.10 Å². The number of nitrogens with zero attached hydrogens (tertiary/aromatic N) is 4. The van der Waals surface area contributed by atoms with E-state index in [9.17, 15) is 0 Å². The summed E-state index contributed by atoms with van der Waals surface area (Å²) in [6, 6.07) is 17.6. The Kier molecular flexibility index (Phi) is 4.52. The van der Waals surface area contributed by atoms with Crippen molar-refractivity contribution < 1.29 is 0 Å². The van der Waals surface area contributed by atoms with E-state index in [1.54, 1.807) is 0 Å². The molecule has 4 nitrogen and oxygen atoms in total. The molecule has 3 aromatic rings. The van der Waals surface area contributed by atoms with Gasteiger partial charge in [0.2, 0.25) is 0 Å². The largest absolute Gasteiger partial charge is 0.295 e. The molecule has 0 radical (unpaired) electrons. The minimum atomic E-state index is 0.498. The zero-order valence-corrected chi connectivity index (χ0v) is 16.8. The molecular formula is C24H28N4. The Morgan fingerprint density at radius 2 is 1.54 bits per heavy atom. The summed E-state index contributed by atoms with van der Waals surface area (Å²) in [5.41, 5.74) is 5.59. The van der Waals surface area contributed by atoms with E-state index in [1.165, 1.54) is 53.9 Å². The summed E-state index contributed by atoms with van der Waals surface area (Å²) in [5.74, 6) is 3.42. The molecule has 0 spiro atoms. The van der Waals surface area contributed by atoms with E-state index in [1.807, 2.05) is 0 Å². The molecule has 5 rings (SSSR count). The van der Waals surface area contributed by atoms with E-state index in [0.29, 0.717) is 11.8 Å². The number of benzene rings is 2. The van der Waals surface area contributed by atoms with Gasteiger partial charge in [-0.3, -0.25) is 9.47 Å². The third kappa shape index (κ3) is 3.06. The molecule has 2 aliphatic rings. The van der Waals surface area contributed by atoms with Crippen molar-refractivity contribution in [2.24, 2.45) is 0 Å². The molecule has 1 aliphatic carbocycles. The van der Waals surface area contributed by atoms with Crippen molar-refractivity contribution in [3.05, 3.63) is 76.9 Å². The average Bonchev–Trinajstić information content (AvgIpc) is 3.06. The number of rotatable bonds is 2. The van der Waals surface area contributed by atoms with E-state index in [2.05, 4.69) is 77.1 Å². The summed E-state index contributed by atoms with van der Waals surface area (Å²) in [7, 11) is 2.16. The molecular weight excluding hydrogens is 344 g/mol. The van der Waals surface area contributed by atoms with Gasteiger partial charge in [-0.1, -0.05) is 42.5 Å². The second kappa shape index (κ2) is 7.17. The Labute approximate surface area is 167 Å². The normalized spacial score (nSPS) is 22.4. The maximum absolute atomic E-state index is 4.70. The van der Waals surface area contributed by atoms with Gasteiger partial charge in [-0.15, -0.1) is 10.2 Å². The fourth-order valence-corrected chi connectivity index (χ4v) is 5.12. The molecule has 1 aliphatic heterocycles. The monoisotopic (exact) mass is 372 g/mol. The maximum Gasteiger partial charge on any atom is 0.151 e. The molecule has 0 unspecified atom stereocenters. The van der Waals surface area contributed by atoms with Gasteiger partial charge in [-0.2, -0.15) is 0 Å². The fraction of sp³-hybridized carbons (Fsp3) is 0.417. The Hall–Kier alpha value is -2.46. The average molecular weight is 373 g/mol. The molecule has 2 aromatic carbocycles. The summed E-state index contributed by atoms with van der Waals surface area (Å²) >= 11 is 0. The number of para-hydroxylation sites is 1. The minimum absolute atomic E-state index is 0.498. The number of hydrogen-bond acceptors (Lipinski definition) is 3. The van der Waals surface area contributed by atoms with E-state index < -0.39 is 0 Å². The van der Waals surface area contributed by atoms with Gasteiger partial charge in [0, 0.05) is 12.5 Å². The van der Waals surface area contributed by atoms with Crippen LogP contribution in [-0.4, -0.2) is 26.7 Å². The van der Waals surface area contributed by atoms with Gasteiger partial charge in [0.1, 0.15) is 5.82 Å². The second-order valence-electron chi connectivity index (χ2n) is 8.52. The predicted molar refractivity (Wildman–Crippen MR) is 112 cm³/mol. The lowest BCUT2D eigenvalue weighted by molar-refractivity contribution is 0.315. The zero-order valence-electron chi connectivity index (χ0n) is 16.8. The number of aromatic nitrogens is 3. The van der Waals surface area contributed by atoms with Crippen LogP contribution in [0.1, 0.15) is 65.9 Å². The minimum Gasteiger partial charge on any atom is -0.295 e. The molecule has 1 aromatic heterocycles. The lowest BCUT2D eigenvalue weighted by Gasteiger charge is -2.29. The number of hydrogen-bond donors (Lipinski definition) is 0. The lowest BCUT2D eigenvalue weighted by atomic mass is 9.77. The van der Waals surface area contributed by atoms with E-state index >= 15 is 0 Å². The Morgan fingerprint density at radius 1 is 0.821 bits per heavy atom. The summed E-state index contributed by atoms with van der Waals surface area (Å²) in [6.07, 6.45) is 4.85. The van der Waals surface area contributed by atoms with Crippen LogP contribution in [0.3, 0.4) is 0 Å². The third-order valence-electron chi connectivity index (χ3n) is 6.56. The Balaban J connectivity index is 1.44. The van der Waals surface area contributed by atoms with Crippen molar-refractivity contribution in [1.82, 2.24) is 19.7 Å². The first-order valence-corrected chi connectivity index (χ1v) is 10.5. The smallest absolute Gasteiger partial charge is 0.151 e. The van der Waals surface area contributed by atoms with Crippen LogP contribution in [0.25, 0.3) is 5.69 Å². The topological polar surface area (TPSA) is 34.0 Å². The van der Waals surface area contributed by atoms with Crippen LogP contribution in [0.4, 0.5) is 0 Å². The van der Waals surface area contributed by atoms with Crippen molar-refractivity contribution in [1.29, 1.82) is 0 Å². The van der Waals surface area contributed by atoms with Crippen molar-refractivity contribution in [2.75, 3.05) is 7.05 Å². The van der Waals surface area contributed by atoms with Gasteiger partial charge < -0.3 is 0 Å². The highest BCUT2D eigenvalue weighted by molar-refractivity contribution is 5.44.